The molecular formula is C27H20N2O5S2. The van der Waals surface area contributed by atoms with E-state index in [2.05, 4.69) is 9.71 Å². The molecule has 1 aliphatic heterocycles. The average Bonchev–Trinajstić information content (AvgIpc) is 2.91. The number of anilines is 1. The molecule has 0 unspecified atom stereocenters. The maximum Gasteiger partial charge on any atom is 0.262 e. The lowest BCUT2D eigenvalue weighted by molar-refractivity contribution is 0.171. The van der Waals surface area contributed by atoms with Gasteiger partial charge in [-0.25, -0.2) is 8.42 Å². The molecule has 0 aliphatic carbocycles. The van der Waals surface area contributed by atoms with Gasteiger partial charge >= 0.3 is 0 Å². The molecule has 36 heavy (non-hydrogen) atoms. The molecule has 9 heteroatoms. The highest BCUT2D eigenvalue weighted by atomic mass is 32.2. The number of hydrogen-bond donors (Lipinski definition) is 2. The topological polar surface area (TPSA) is 97.8 Å². The fourth-order valence-electron chi connectivity index (χ4n) is 4.17. The molecule has 0 fully saturated rings. The molecule has 0 radical (unpaired) electrons. The standard InChI is InChI=1S/C27H20N2O5S2/c30-27-20-8-2-1-7-19(20)21(16-25(27)35-24-9-3-5-17-6-4-12-28-26(17)24)29-36(31,32)18-10-11-22-23(15-18)34-14-13-33-22/h1-12,15-16,29-30H,13-14H2. The summed E-state index contributed by atoms with van der Waals surface area (Å²) in [5, 5.41) is 13.2. The highest BCUT2D eigenvalue weighted by molar-refractivity contribution is 7.99. The van der Waals surface area contributed by atoms with Crippen LogP contribution >= 0.6 is 11.8 Å². The van der Waals surface area contributed by atoms with Crippen LogP contribution in [0, 0.1) is 0 Å². The molecule has 0 saturated heterocycles. The maximum absolute atomic E-state index is 13.4. The number of hydrogen-bond acceptors (Lipinski definition) is 7. The minimum atomic E-state index is -3.96. The number of sulfonamides is 1. The maximum atomic E-state index is 13.4. The van der Waals surface area contributed by atoms with Gasteiger partial charge in [0.05, 0.1) is 21.0 Å². The Labute approximate surface area is 211 Å². The van der Waals surface area contributed by atoms with Crippen LogP contribution in [0.2, 0.25) is 0 Å². The Morgan fingerprint density at radius 2 is 1.61 bits per heavy atom. The third-order valence-corrected chi connectivity index (χ3v) is 8.31. The van der Waals surface area contributed by atoms with Gasteiger partial charge in [-0.05, 0) is 30.3 Å². The van der Waals surface area contributed by atoms with Crippen molar-refractivity contribution in [1.29, 1.82) is 0 Å². The van der Waals surface area contributed by atoms with Gasteiger partial charge in [0.2, 0.25) is 0 Å². The molecule has 180 valence electrons. The van der Waals surface area contributed by atoms with E-state index in [0.29, 0.717) is 46.1 Å². The number of ether oxygens (including phenoxy) is 2. The zero-order valence-corrected chi connectivity index (χ0v) is 20.5. The Morgan fingerprint density at radius 1 is 0.833 bits per heavy atom. The Kier molecular flexibility index (Phi) is 5.58. The van der Waals surface area contributed by atoms with Crippen LogP contribution in [-0.4, -0.2) is 31.7 Å². The first-order chi connectivity index (χ1) is 17.5. The summed E-state index contributed by atoms with van der Waals surface area (Å²) in [5.74, 6) is 0.975. The van der Waals surface area contributed by atoms with Crippen LogP contribution in [0.15, 0.2) is 99.7 Å². The largest absolute Gasteiger partial charge is 0.506 e. The second-order valence-electron chi connectivity index (χ2n) is 8.16. The Hall–Kier alpha value is -3.95. The number of nitrogens with zero attached hydrogens (tertiary/aromatic N) is 1. The lowest BCUT2D eigenvalue weighted by Gasteiger charge is -2.19. The van der Waals surface area contributed by atoms with Crippen LogP contribution in [0.25, 0.3) is 21.7 Å². The number of aromatic nitrogens is 1. The molecule has 5 aromatic rings. The van der Waals surface area contributed by atoms with Gasteiger partial charge in [0.25, 0.3) is 10.0 Å². The smallest absolute Gasteiger partial charge is 0.262 e. The molecule has 4 aromatic carbocycles. The van der Waals surface area contributed by atoms with Crippen molar-refractivity contribution in [3.8, 4) is 17.2 Å². The molecule has 7 nitrogen and oxygen atoms in total. The van der Waals surface area contributed by atoms with Crippen LogP contribution < -0.4 is 14.2 Å². The van der Waals surface area contributed by atoms with Crippen molar-refractivity contribution in [2.75, 3.05) is 17.9 Å². The summed E-state index contributed by atoms with van der Waals surface area (Å²) in [6.45, 7) is 0.777. The van der Waals surface area contributed by atoms with E-state index in [-0.39, 0.29) is 10.6 Å². The molecule has 2 heterocycles. The molecule has 2 N–H and O–H groups in total. The van der Waals surface area contributed by atoms with E-state index in [9.17, 15) is 13.5 Å². The van der Waals surface area contributed by atoms with Gasteiger partial charge in [0, 0.05) is 33.3 Å². The van der Waals surface area contributed by atoms with Crippen molar-refractivity contribution in [2.24, 2.45) is 0 Å². The van der Waals surface area contributed by atoms with Crippen molar-refractivity contribution in [3.05, 3.63) is 85.1 Å². The second kappa shape index (κ2) is 8.92. The number of phenolic OH excluding ortho intramolecular Hbond substituents is 1. The fraction of sp³-hybridized carbons (Fsp3) is 0.0741. The van der Waals surface area contributed by atoms with Gasteiger partial charge in [0.15, 0.2) is 11.5 Å². The molecule has 0 atom stereocenters. The first-order valence-corrected chi connectivity index (χ1v) is 13.5. The van der Waals surface area contributed by atoms with Gasteiger partial charge < -0.3 is 14.6 Å². The Bertz CT molecular complexity index is 1730. The van der Waals surface area contributed by atoms with Gasteiger partial charge in [-0.3, -0.25) is 9.71 Å². The third-order valence-electron chi connectivity index (χ3n) is 5.87. The quantitative estimate of drug-likeness (QED) is 0.284. The van der Waals surface area contributed by atoms with Gasteiger partial charge in [-0.2, -0.15) is 0 Å². The summed E-state index contributed by atoms with van der Waals surface area (Å²) in [4.78, 5) is 5.89. The van der Waals surface area contributed by atoms with Crippen molar-refractivity contribution in [3.63, 3.8) is 0 Å². The van der Waals surface area contributed by atoms with E-state index >= 15 is 0 Å². The zero-order valence-electron chi connectivity index (χ0n) is 18.8. The molecular weight excluding hydrogens is 496 g/mol. The second-order valence-corrected chi connectivity index (χ2v) is 10.9. The predicted octanol–water partition coefficient (Wildman–Crippen LogP) is 5.82. The highest BCUT2D eigenvalue weighted by Gasteiger charge is 2.22. The van der Waals surface area contributed by atoms with E-state index in [1.807, 2.05) is 30.3 Å². The van der Waals surface area contributed by atoms with Crippen molar-refractivity contribution in [2.45, 2.75) is 14.7 Å². The molecule has 0 amide bonds. The summed E-state index contributed by atoms with van der Waals surface area (Å²) < 4.78 is 40.5. The van der Waals surface area contributed by atoms with E-state index in [1.165, 1.54) is 23.9 Å². The number of pyridine rings is 1. The van der Waals surface area contributed by atoms with Crippen molar-refractivity contribution < 1.29 is 23.0 Å². The molecule has 6 rings (SSSR count). The summed E-state index contributed by atoms with van der Waals surface area (Å²) in [5.41, 5.74) is 1.16. The number of nitrogens with one attached hydrogen (secondary N) is 1. The normalized spacial score (nSPS) is 13.1. The van der Waals surface area contributed by atoms with Crippen LogP contribution in [0.5, 0.6) is 17.2 Å². The molecule has 1 aliphatic rings. The summed E-state index contributed by atoms with van der Waals surface area (Å²) in [7, 11) is -3.96. The predicted molar refractivity (Wildman–Crippen MR) is 140 cm³/mol. The Balaban J connectivity index is 1.43. The molecule has 1 aromatic heterocycles. The first kappa shape index (κ1) is 22.5. The van der Waals surface area contributed by atoms with Crippen LogP contribution in [0.1, 0.15) is 0 Å². The number of benzene rings is 4. The van der Waals surface area contributed by atoms with Gasteiger partial charge in [-0.15, -0.1) is 0 Å². The number of aromatic hydroxyl groups is 1. The Morgan fingerprint density at radius 3 is 2.47 bits per heavy atom. The summed E-state index contributed by atoms with van der Waals surface area (Å²) in [6, 6.07) is 23.0. The van der Waals surface area contributed by atoms with Gasteiger partial charge in [-0.1, -0.05) is 54.2 Å². The minimum Gasteiger partial charge on any atom is -0.506 e. The fourth-order valence-corrected chi connectivity index (χ4v) is 6.29. The average molecular weight is 517 g/mol. The summed E-state index contributed by atoms with van der Waals surface area (Å²) in [6.07, 6.45) is 1.72. The molecule has 0 saturated carbocycles. The number of fused-ring (bicyclic) bond motifs is 3. The van der Waals surface area contributed by atoms with E-state index in [1.54, 1.807) is 42.6 Å². The summed E-state index contributed by atoms with van der Waals surface area (Å²) >= 11 is 1.33. The monoisotopic (exact) mass is 516 g/mol. The zero-order chi connectivity index (χ0) is 24.7. The van der Waals surface area contributed by atoms with Crippen LogP contribution in [0.3, 0.4) is 0 Å². The number of rotatable bonds is 5. The van der Waals surface area contributed by atoms with E-state index in [4.69, 9.17) is 9.47 Å². The lowest BCUT2D eigenvalue weighted by Crippen LogP contribution is -2.17. The van der Waals surface area contributed by atoms with E-state index in [0.717, 1.165) is 15.8 Å². The first-order valence-electron chi connectivity index (χ1n) is 11.2. The van der Waals surface area contributed by atoms with Crippen LogP contribution in [0.4, 0.5) is 5.69 Å². The lowest BCUT2D eigenvalue weighted by atomic mass is 10.1. The van der Waals surface area contributed by atoms with Crippen LogP contribution in [-0.2, 0) is 10.0 Å². The highest BCUT2D eigenvalue weighted by Crippen LogP contribution is 2.44. The molecule has 0 bridgehead atoms. The number of phenols is 1. The number of para-hydroxylation sites is 1. The van der Waals surface area contributed by atoms with Crippen molar-refractivity contribution in [1.82, 2.24) is 4.98 Å². The SMILES string of the molecule is O=S(=O)(Nc1cc(Sc2cccc3cccnc23)c(O)c2ccccc12)c1ccc2c(c1)OCCO2. The molecule has 0 spiro atoms. The van der Waals surface area contributed by atoms with Gasteiger partial charge in [0.1, 0.15) is 19.0 Å². The third kappa shape index (κ3) is 4.06. The van der Waals surface area contributed by atoms with Crippen molar-refractivity contribution >= 4 is 49.1 Å². The van der Waals surface area contributed by atoms with E-state index < -0.39 is 10.0 Å². The minimum absolute atomic E-state index is 0.0522.